The Labute approximate surface area is 127 Å². The first kappa shape index (κ1) is 15.3. The lowest BCUT2D eigenvalue weighted by molar-refractivity contribution is -0.119. The number of benzene rings is 1. The number of nitrogens with zero attached hydrogens (tertiary/aromatic N) is 1. The zero-order chi connectivity index (χ0) is 15.6. The highest BCUT2D eigenvalue weighted by Gasteiger charge is 2.28. The molecule has 0 amide bonds. The van der Waals surface area contributed by atoms with E-state index >= 15 is 0 Å². The summed E-state index contributed by atoms with van der Waals surface area (Å²) in [5, 5.41) is 12.0. The molecule has 7 heteroatoms. The molecule has 0 saturated carbocycles. The highest BCUT2D eigenvalue weighted by molar-refractivity contribution is 6.32. The molecule has 0 fully saturated rings. The summed E-state index contributed by atoms with van der Waals surface area (Å²) in [6.07, 6.45) is 1.52. The summed E-state index contributed by atoms with van der Waals surface area (Å²) < 4.78 is 16.5. The van der Waals surface area contributed by atoms with E-state index in [-0.39, 0.29) is 12.4 Å². The number of oxime groups is 1. The van der Waals surface area contributed by atoms with E-state index in [2.05, 4.69) is 5.16 Å². The quantitative estimate of drug-likeness (QED) is 0.386. The Morgan fingerprint density at radius 3 is 2.71 bits per heavy atom. The van der Waals surface area contributed by atoms with Crippen LogP contribution in [-0.2, 0) is 9.47 Å². The maximum Gasteiger partial charge on any atom is 0.244 e. The summed E-state index contributed by atoms with van der Waals surface area (Å²) >= 11 is 6.17. The van der Waals surface area contributed by atoms with Crippen LogP contribution in [0.4, 0.5) is 0 Å². The van der Waals surface area contributed by atoms with Crippen molar-refractivity contribution in [1.29, 1.82) is 0 Å². The molecule has 21 heavy (non-hydrogen) atoms. The van der Waals surface area contributed by atoms with E-state index in [4.69, 9.17) is 36.8 Å². The average molecular weight is 313 g/mol. The van der Waals surface area contributed by atoms with E-state index in [1.54, 1.807) is 26.0 Å². The topological polar surface area (TPSA) is 86.3 Å². The smallest absolute Gasteiger partial charge is 0.244 e. The molecule has 2 rings (SSSR count). The number of aryl methyl sites for hydroxylation is 1. The molecule has 0 unspecified atom stereocenters. The van der Waals surface area contributed by atoms with Crippen molar-refractivity contribution in [1.82, 2.24) is 0 Å². The lowest BCUT2D eigenvalue weighted by atomic mass is 10.1. The minimum Gasteiger partial charge on any atom is -0.484 e. The molecule has 1 aliphatic rings. The second kappa shape index (κ2) is 5.73. The summed E-state index contributed by atoms with van der Waals surface area (Å²) in [6, 6.07) is 3.30. The van der Waals surface area contributed by atoms with Gasteiger partial charge in [-0.2, -0.15) is 0 Å². The minimum absolute atomic E-state index is 0.0106. The Balaban J connectivity index is 2.11. The predicted octanol–water partition coefficient (Wildman–Crippen LogP) is 2.75. The van der Waals surface area contributed by atoms with Crippen LogP contribution in [0.15, 0.2) is 29.3 Å². The second-order valence-corrected chi connectivity index (χ2v) is 5.49. The van der Waals surface area contributed by atoms with E-state index in [0.29, 0.717) is 22.1 Å². The fourth-order valence-electron chi connectivity index (χ4n) is 1.90. The van der Waals surface area contributed by atoms with Gasteiger partial charge in [-0.25, -0.2) is 0 Å². The van der Waals surface area contributed by atoms with Crippen molar-refractivity contribution >= 4 is 17.4 Å². The van der Waals surface area contributed by atoms with Gasteiger partial charge in [0.05, 0.1) is 5.02 Å². The largest absolute Gasteiger partial charge is 0.484 e. The monoisotopic (exact) mass is 312 g/mol. The van der Waals surface area contributed by atoms with E-state index in [1.165, 1.54) is 6.26 Å². The first-order valence-corrected chi connectivity index (χ1v) is 6.67. The van der Waals surface area contributed by atoms with E-state index in [0.717, 1.165) is 5.56 Å². The molecule has 0 spiro atoms. The highest BCUT2D eigenvalue weighted by atomic mass is 35.5. The molecule has 3 N–H and O–H groups in total. The van der Waals surface area contributed by atoms with Crippen LogP contribution in [0.2, 0.25) is 5.02 Å². The van der Waals surface area contributed by atoms with Crippen molar-refractivity contribution in [3.63, 3.8) is 0 Å². The van der Waals surface area contributed by atoms with Crippen LogP contribution in [0, 0.1) is 6.92 Å². The fraction of sp³-hybridized carbons (Fsp3) is 0.357. The second-order valence-electron chi connectivity index (χ2n) is 5.08. The summed E-state index contributed by atoms with van der Waals surface area (Å²) in [5.74, 6) is 0.410. The van der Waals surface area contributed by atoms with E-state index in [9.17, 15) is 0 Å². The van der Waals surface area contributed by atoms with Crippen LogP contribution in [0.1, 0.15) is 25.0 Å². The minimum atomic E-state index is -0.673. The van der Waals surface area contributed by atoms with Gasteiger partial charge in [0, 0.05) is 19.4 Å². The summed E-state index contributed by atoms with van der Waals surface area (Å²) in [7, 11) is 0. The number of nitrogens with two attached hydrogens (primary N) is 1. The Morgan fingerprint density at radius 1 is 1.48 bits per heavy atom. The molecule has 114 valence electrons. The molecule has 6 nitrogen and oxygen atoms in total. The van der Waals surface area contributed by atoms with Crippen molar-refractivity contribution in [2.75, 3.05) is 6.61 Å². The van der Waals surface area contributed by atoms with Gasteiger partial charge in [0.2, 0.25) is 5.79 Å². The number of rotatable bonds is 4. The molecule has 1 aliphatic heterocycles. The van der Waals surface area contributed by atoms with Crippen molar-refractivity contribution in [2.45, 2.75) is 26.6 Å². The fourth-order valence-corrected chi connectivity index (χ4v) is 2.22. The van der Waals surface area contributed by atoms with Crippen molar-refractivity contribution in [3.05, 3.63) is 40.3 Å². The summed E-state index contributed by atoms with van der Waals surface area (Å²) in [5.41, 5.74) is 6.83. The van der Waals surface area contributed by atoms with Crippen LogP contribution in [0.25, 0.3) is 0 Å². The SMILES string of the molecule is Cc1cc(/C(N)=N/O)cc(Cl)c1OCC1=COC(C)(C)O1. The molecule has 1 aromatic rings. The highest BCUT2D eigenvalue weighted by Crippen LogP contribution is 2.31. The van der Waals surface area contributed by atoms with Crippen LogP contribution in [0.5, 0.6) is 5.75 Å². The predicted molar refractivity (Wildman–Crippen MR) is 78.5 cm³/mol. The Hall–Kier alpha value is -2.08. The van der Waals surface area contributed by atoms with Crippen LogP contribution < -0.4 is 10.5 Å². The molecule has 0 radical (unpaired) electrons. The Morgan fingerprint density at radius 2 is 2.19 bits per heavy atom. The van der Waals surface area contributed by atoms with Crippen LogP contribution in [0.3, 0.4) is 0 Å². The van der Waals surface area contributed by atoms with Gasteiger partial charge < -0.3 is 25.2 Å². The third-order valence-electron chi connectivity index (χ3n) is 2.84. The third kappa shape index (κ3) is 3.52. The molecule has 0 aliphatic carbocycles. The van der Waals surface area contributed by atoms with Gasteiger partial charge in [-0.1, -0.05) is 16.8 Å². The van der Waals surface area contributed by atoms with Gasteiger partial charge in [-0.15, -0.1) is 0 Å². The van der Waals surface area contributed by atoms with Crippen LogP contribution in [-0.4, -0.2) is 23.4 Å². The van der Waals surface area contributed by atoms with Gasteiger partial charge in [0.25, 0.3) is 0 Å². The normalized spacial score (nSPS) is 17.0. The molecule has 0 saturated heterocycles. The molecule has 0 atom stereocenters. The first-order chi connectivity index (χ1) is 9.82. The van der Waals surface area contributed by atoms with Gasteiger partial charge in [0.1, 0.15) is 18.6 Å². The first-order valence-electron chi connectivity index (χ1n) is 6.29. The summed E-state index contributed by atoms with van der Waals surface area (Å²) in [6.45, 7) is 5.63. The molecule has 1 aromatic carbocycles. The molecular weight excluding hydrogens is 296 g/mol. The molecule has 0 aromatic heterocycles. The number of ether oxygens (including phenoxy) is 3. The zero-order valence-electron chi connectivity index (χ0n) is 12.0. The van der Waals surface area contributed by atoms with E-state index < -0.39 is 5.79 Å². The lowest BCUT2D eigenvalue weighted by Crippen LogP contribution is -2.21. The standard InChI is InChI=1S/C14H17ClN2O4/c1-8-4-9(13(16)17-18)5-11(15)12(8)19-6-10-7-20-14(2,3)21-10/h4-5,7,18H,6H2,1-3H3,(H2,16,17). The van der Waals surface area contributed by atoms with Gasteiger partial charge >= 0.3 is 0 Å². The van der Waals surface area contributed by atoms with Crippen molar-refractivity contribution < 1.29 is 19.4 Å². The van der Waals surface area contributed by atoms with Gasteiger partial charge in [0.15, 0.2) is 11.6 Å². The molecular formula is C14H17ClN2O4. The summed E-state index contributed by atoms with van der Waals surface area (Å²) in [4.78, 5) is 0. The number of amidine groups is 1. The number of hydrogen-bond donors (Lipinski definition) is 2. The van der Waals surface area contributed by atoms with Gasteiger partial charge in [-0.05, 0) is 24.6 Å². The van der Waals surface area contributed by atoms with Crippen LogP contribution >= 0.6 is 11.6 Å². The molecule has 0 bridgehead atoms. The third-order valence-corrected chi connectivity index (χ3v) is 3.12. The Bertz CT molecular complexity index is 588. The van der Waals surface area contributed by atoms with Crippen molar-refractivity contribution in [3.8, 4) is 5.75 Å². The maximum atomic E-state index is 8.69. The Kier molecular flexibility index (Phi) is 4.18. The maximum absolute atomic E-state index is 8.69. The zero-order valence-corrected chi connectivity index (χ0v) is 12.8. The number of hydrogen-bond acceptors (Lipinski definition) is 5. The number of halogens is 1. The average Bonchev–Trinajstić information content (AvgIpc) is 2.76. The lowest BCUT2D eigenvalue weighted by Gasteiger charge is -2.18. The van der Waals surface area contributed by atoms with Crippen molar-refractivity contribution in [2.24, 2.45) is 10.9 Å². The van der Waals surface area contributed by atoms with E-state index in [1.807, 2.05) is 6.92 Å². The molecule has 1 heterocycles. The van der Waals surface area contributed by atoms with Gasteiger partial charge in [-0.3, -0.25) is 0 Å².